The lowest BCUT2D eigenvalue weighted by molar-refractivity contribution is 0.191. The van der Waals surface area contributed by atoms with Crippen LogP contribution in [0.1, 0.15) is 18.1 Å². The second-order valence-corrected chi connectivity index (χ2v) is 5.56. The summed E-state index contributed by atoms with van der Waals surface area (Å²) >= 11 is 5.97. The van der Waals surface area contributed by atoms with Gasteiger partial charge >= 0.3 is 0 Å². The van der Waals surface area contributed by atoms with Gasteiger partial charge in [0.15, 0.2) is 0 Å². The zero-order valence-corrected chi connectivity index (χ0v) is 13.1. The van der Waals surface area contributed by atoms with Crippen LogP contribution in [0, 0.1) is 5.82 Å². The largest absolute Gasteiger partial charge is 0.489 e. The molecule has 0 fully saturated rings. The average Bonchev–Trinajstić information content (AvgIpc) is 2.46. The summed E-state index contributed by atoms with van der Waals surface area (Å²) in [6.07, 6.45) is -0.375. The van der Waals surface area contributed by atoms with Gasteiger partial charge in [-0.3, -0.25) is 0 Å². The zero-order chi connectivity index (χ0) is 15.9. The molecule has 22 heavy (non-hydrogen) atoms. The summed E-state index contributed by atoms with van der Waals surface area (Å²) in [6, 6.07) is 11.9. The Hall–Kier alpha value is -1.62. The number of aliphatic hydroxyl groups excluding tert-OH is 1. The number of aliphatic hydroxyl groups is 1. The fourth-order valence-electron chi connectivity index (χ4n) is 1.97. The first-order chi connectivity index (χ1) is 10.5. The highest BCUT2D eigenvalue weighted by Crippen LogP contribution is 2.20. The van der Waals surface area contributed by atoms with Crippen molar-refractivity contribution in [3.63, 3.8) is 0 Å². The summed E-state index contributed by atoms with van der Waals surface area (Å²) < 4.78 is 18.7. The van der Waals surface area contributed by atoms with Gasteiger partial charge < -0.3 is 15.2 Å². The summed E-state index contributed by atoms with van der Waals surface area (Å²) in [5, 5.41) is 12.7. The van der Waals surface area contributed by atoms with Crippen molar-refractivity contribution in [3.8, 4) is 5.75 Å². The Morgan fingerprint density at radius 2 is 2.09 bits per heavy atom. The Bertz CT molecular complexity index is 619. The van der Waals surface area contributed by atoms with Gasteiger partial charge in [0.2, 0.25) is 0 Å². The van der Waals surface area contributed by atoms with Gasteiger partial charge in [0.05, 0.1) is 11.1 Å². The molecule has 0 aliphatic rings. The molecular weight excluding hydrogens is 305 g/mol. The maximum atomic E-state index is 13.0. The highest BCUT2D eigenvalue weighted by atomic mass is 35.5. The van der Waals surface area contributed by atoms with Crippen molar-refractivity contribution in [1.82, 2.24) is 5.32 Å². The van der Waals surface area contributed by atoms with Crippen molar-refractivity contribution in [3.05, 3.63) is 64.4 Å². The molecule has 0 aliphatic carbocycles. The summed E-state index contributed by atoms with van der Waals surface area (Å²) in [5.74, 6) is 0.358. The van der Waals surface area contributed by atoms with Crippen molar-refractivity contribution in [1.29, 1.82) is 0 Å². The third-order valence-corrected chi connectivity index (χ3v) is 3.43. The standard InChI is InChI=1S/C17H19ClFNO2/c1-12(21)9-20-10-13-3-2-4-16(7-13)22-11-14-5-6-15(19)8-17(14)18/h2-8,12,20-21H,9-11H2,1H3. The number of halogens is 2. The number of ether oxygens (including phenoxy) is 1. The highest BCUT2D eigenvalue weighted by Gasteiger charge is 2.04. The van der Waals surface area contributed by atoms with Crippen LogP contribution in [-0.4, -0.2) is 17.8 Å². The molecule has 0 amide bonds. The topological polar surface area (TPSA) is 41.5 Å². The molecular formula is C17H19ClFNO2. The monoisotopic (exact) mass is 323 g/mol. The molecule has 0 aliphatic heterocycles. The molecule has 0 radical (unpaired) electrons. The van der Waals surface area contributed by atoms with E-state index in [9.17, 15) is 9.50 Å². The molecule has 0 saturated carbocycles. The van der Waals surface area contributed by atoms with Gasteiger partial charge in [-0.1, -0.05) is 29.8 Å². The third kappa shape index (κ3) is 5.30. The van der Waals surface area contributed by atoms with E-state index in [1.807, 2.05) is 24.3 Å². The van der Waals surface area contributed by atoms with E-state index in [-0.39, 0.29) is 18.5 Å². The summed E-state index contributed by atoms with van der Waals surface area (Å²) in [7, 11) is 0. The van der Waals surface area contributed by atoms with Crippen LogP contribution in [0.3, 0.4) is 0 Å². The van der Waals surface area contributed by atoms with E-state index in [0.29, 0.717) is 18.1 Å². The van der Waals surface area contributed by atoms with Crippen molar-refractivity contribution >= 4 is 11.6 Å². The second kappa shape index (κ2) is 8.13. The maximum absolute atomic E-state index is 13.0. The van der Waals surface area contributed by atoms with Gasteiger partial charge in [-0.05, 0) is 36.8 Å². The molecule has 0 heterocycles. The summed E-state index contributed by atoms with van der Waals surface area (Å²) in [4.78, 5) is 0. The average molecular weight is 324 g/mol. The van der Waals surface area contributed by atoms with E-state index in [1.165, 1.54) is 12.1 Å². The first kappa shape index (κ1) is 16.7. The Labute approximate surface area is 134 Å². The third-order valence-electron chi connectivity index (χ3n) is 3.08. The number of nitrogens with one attached hydrogen (secondary N) is 1. The van der Waals surface area contributed by atoms with Gasteiger partial charge in [-0.2, -0.15) is 0 Å². The van der Waals surface area contributed by atoms with Crippen LogP contribution in [-0.2, 0) is 13.2 Å². The van der Waals surface area contributed by atoms with Gasteiger partial charge in [0, 0.05) is 18.7 Å². The lowest BCUT2D eigenvalue weighted by atomic mass is 10.2. The number of hydrogen-bond acceptors (Lipinski definition) is 3. The first-order valence-electron chi connectivity index (χ1n) is 7.09. The minimum atomic E-state index is -0.375. The molecule has 1 unspecified atom stereocenters. The lowest BCUT2D eigenvalue weighted by Gasteiger charge is -2.10. The smallest absolute Gasteiger partial charge is 0.124 e. The number of benzene rings is 2. The molecule has 2 N–H and O–H groups in total. The van der Waals surface area contributed by atoms with Crippen LogP contribution >= 0.6 is 11.6 Å². The molecule has 2 rings (SSSR count). The van der Waals surface area contributed by atoms with E-state index >= 15 is 0 Å². The molecule has 2 aromatic rings. The quantitative estimate of drug-likeness (QED) is 0.819. The van der Waals surface area contributed by atoms with Crippen LogP contribution < -0.4 is 10.1 Å². The predicted molar refractivity (Wildman–Crippen MR) is 85.6 cm³/mol. The fourth-order valence-corrected chi connectivity index (χ4v) is 2.19. The highest BCUT2D eigenvalue weighted by molar-refractivity contribution is 6.31. The van der Waals surface area contributed by atoms with Crippen molar-refractivity contribution < 1.29 is 14.2 Å². The fraction of sp³-hybridized carbons (Fsp3) is 0.294. The molecule has 0 bridgehead atoms. The summed E-state index contributed by atoms with van der Waals surface area (Å²) in [5.41, 5.74) is 1.80. The maximum Gasteiger partial charge on any atom is 0.124 e. The Morgan fingerprint density at radius 3 is 2.82 bits per heavy atom. The van der Waals surface area contributed by atoms with Gasteiger partial charge in [-0.25, -0.2) is 4.39 Å². The van der Waals surface area contributed by atoms with Crippen molar-refractivity contribution in [2.45, 2.75) is 26.2 Å². The molecule has 5 heteroatoms. The van der Waals surface area contributed by atoms with Gasteiger partial charge in [0.25, 0.3) is 0 Å². The number of hydrogen-bond donors (Lipinski definition) is 2. The van der Waals surface area contributed by atoms with Crippen molar-refractivity contribution in [2.24, 2.45) is 0 Å². The zero-order valence-electron chi connectivity index (χ0n) is 12.4. The number of rotatable bonds is 7. The van der Waals surface area contributed by atoms with Crippen LogP contribution in [0.2, 0.25) is 5.02 Å². The molecule has 1 atom stereocenters. The SMILES string of the molecule is CC(O)CNCc1cccc(OCc2ccc(F)cc2Cl)c1. The van der Waals surface area contributed by atoms with Crippen molar-refractivity contribution in [2.75, 3.05) is 6.54 Å². The molecule has 0 saturated heterocycles. The predicted octanol–water partition coefficient (Wildman–Crippen LogP) is 3.53. The molecule has 2 aromatic carbocycles. The Morgan fingerprint density at radius 1 is 1.27 bits per heavy atom. The van der Waals surface area contributed by atoms with Gasteiger partial charge in [0.1, 0.15) is 18.2 Å². The van der Waals surface area contributed by atoms with Crippen LogP contribution in [0.15, 0.2) is 42.5 Å². The van der Waals surface area contributed by atoms with E-state index in [0.717, 1.165) is 16.9 Å². The van der Waals surface area contributed by atoms with Crippen LogP contribution in [0.4, 0.5) is 4.39 Å². The normalized spacial score (nSPS) is 12.2. The summed E-state index contributed by atoms with van der Waals surface area (Å²) in [6.45, 7) is 3.21. The van der Waals surface area contributed by atoms with Crippen LogP contribution in [0.5, 0.6) is 5.75 Å². The van der Waals surface area contributed by atoms with E-state index in [4.69, 9.17) is 16.3 Å². The lowest BCUT2D eigenvalue weighted by Crippen LogP contribution is -2.23. The first-order valence-corrected chi connectivity index (χ1v) is 7.47. The minimum Gasteiger partial charge on any atom is -0.489 e. The molecule has 0 spiro atoms. The van der Waals surface area contributed by atoms with E-state index < -0.39 is 0 Å². The second-order valence-electron chi connectivity index (χ2n) is 5.15. The Balaban J connectivity index is 1.92. The van der Waals surface area contributed by atoms with Gasteiger partial charge in [-0.15, -0.1) is 0 Å². The van der Waals surface area contributed by atoms with E-state index in [2.05, 4.69) is 5.32 Å². The Kier molecular flexibility index (Phi) is 6.19. The molecule has 0 aromatic heterocycles. The van der Waals surface area contributed by atoms with Crippen LogP contribution in [0.25, 0.3) is 0 Å². The molecule has 118 valence electrons. The minimum absolute atomic E-state index is 0.281. The van der Waals surface area contributed by atoms with E-state index in [1.54, 1.807) is 13.0 Å². The molecule has 3 nitrogen and oxygen atoms in total.